The minimum atomic E-state index is -0.786. The first-order valence-corrected chi connectivity index (χ1v) is 7.58. The molecule has 0 aliphatic heterocycles. The number of nitrogens with zero attached hydrogens (tertiary/aromatic N) is 2. The molecule has 0 spiro atoms. The first-order chi connectivity index (χ1) is 13.3. The van der Waals surface area contributed by atoms with Crippen molar-refractivity contribution in [2.75, 3.05) is 6.54 Å². The summed E-state index contributed by atoms with van der Waals surface area (Å²) in [4.78, 5) is 44.1. The van der Waals surface area contributed by atoms with Gasteiger partial charge in [-0.3, -0.25) is 19.7 Å². The van der Waals surface area contributed by atoms with Crippen LogP contribution in [0.25, 0.3) is 0 Å². The highest BCUT2D eigenvalue weighted by molar-refractivity contribution is 5.96. The Bertz CT molecular complexity index is 978. The van der Waals surface area contributed by atoms with Crippen LogP contribution in [0.1, 0.15) is 15.9 Å². The van der Waals surface area contributed by atoms with Crippen LogP contribution in [0.5, 0.6) is 5.75 Å². The summed E-state index contributed by atoms with van der Waals surface area (Å²) in [6.07, 6.45) is 0.989. The predicted molar refractivity (Wildman–Crippen MR) is 93.2 cm³/mol. The molecular weight excluding hydrogens is 377 g/mol. The van der Waals surface area contributed by atoms with E-state index >= 15 is 0 Å². The molecule has 0 saturated heterocycles. The van der Waals surface area contributed by atoms with Crippen LogP contribution < -0.4 is 15.8 Å². The maximum absolute atomic E-state index is 13.1. The number of nitro groups is 1. The number of nitrogens with one attached hydrogen (secondary N) is 3. The summed E-state index contributed by atoms with van der Waals surface area (Å²) in [5.74, 6) is -2.60. The first-order valence-electron chi connectivity index (χ1n) is 7.58. The summed E-state index contributed by atoms with van der Waals surface area (Å²) in [6.45, 7) is -0.460. The van der Waals surface area contributed by atoms with Crippen LogP contribution >= 0.6 is 0 Å². The van der Waals surface area contributed by atoms with E-state index in [0.29, 0.717) is 0 Å². The number of nitroso groups, excluding NO2 is 1. The van der Waals surface area contributed by atoms with Gasteiger partial charge >= 0.3 is 0 Å². The number of phenols is 1. The van der Waals surface area contributed by atoms with Crippen LogP contribution in [0.4, 0.5) is 15.8 Å². The van der Waals surface area contributed by atoms with Gasteiger partial charge in [-0.1, -0.05) is 6.07 Å². The smallest absolute Gasteiger partial charge is 0.293 e. The van der Waals surface area contributed by atoms with Gasteiger partial charge in [-0.25, -0.2) is 4.39 Å². The van der Waals surface area contributed by atoms with E-state index in [1.54, 1.807) is 0 Å². The molecule has 28 heavy (non-hydrogen) atoms. The molecule has 0 radical (unpaired) electrons. The molecule has 0 heterocycles. The Kier molecular flexibility index (Phi) is 6.41. The standard InChI is InChI=1S/C16H12FN5O6/c17-11-3-1-2-9(4-11)16(25)18-8-14(23)20-19-7-10-5-12(22(27)28)6-13(21-26)15(10)24/h1-7,24H,8H2,(H,18,25)(H,20,23)/p+1/b19-7+. The Balaban J connectivity index is 1.98. The lowest BCUT2D eigenvalue weighted by Gasteiger charge is -2.03. The van der Waals surface area contributed by atoms with Crippen molar-refractivity contribution in [1.82, 2.24) is 10.7 Å². The maximum atomic E-state index is 13.1. The SMILES string of the molecule is O=Nc1cc([N+](=O)[O-])cc(/C=[NH+]/NC(=O)CNC(=O)c2cccc(F)c2)c1O. The number of hydrogen-bond donors (Lipinski definition) is 4. The molecule has 0 aliphatic carbocycles. The van der Waals surface area contributed by atoms with E-state index in [2.05, 4.69) is 21.0 Å². The summed E-state index contributed by atoms with van der Waals surface area (Å²) >= 11 is 0. The molecule has 2 amide bonds. The van der Waals surface area contributed by atoms with Gasteiger partial charge in [0, 0.05) is 17.7 Å². The Hall–Kier alpha value is -4.22. The Morgan fingerprint density at radius 2 is 2.07 bits per heavy atom. The van der Waals surface area contributed by atoms with E-state index in [1.807, 2.05) is 0 Å². The third-order valence-corrected chi connectivity index (χ3v) is 3.35. The molecule has 12 heteroatoms. The zero-order valence-electron chi connectivity index (χ0n) is 14.0. The zero-order valence-corrected chi connectivity index (χ0v) is 14.0. The molecule has 2 aromatic carbocycles. The van der Waals surface area contributed by atoms with Crippen molar-refractivity contribution in [2.45, 2.75) is 0 Å². The fraction of sp³-hybridized carbons (Fsp3) is 0.0625. The normalized spacial score (nSPS) is 10.5. The van der Waals surface area contributed by atoms with E-state index in [4.69, 9.17) is 0 Å². The van der Waals surface area contributed by atoms with Gasteiger partial charge in [0.05, 0.1) is 10.5 Å². The third-order valence-electron chi connectivity index (χ3n) is 3.35. The molecule has 4 N–H and O–H groups in total. The number of benzene rings is 2. The molecule has 0 saturated carbocycles. The van der Waals surface area contributed by atoms with Crippen molar-refractivity contribution in [3.8, 4) is 5.75 Å². The van der Waals surface area contributed by atoms with Crippen molar-refractivity contribution in [3.63, 3.8) is 0 Å². The highest BCUT2D eigenvalue weighted by atomic mass is 19.1. The second-order valence-corrected chi connectivity index (χ2v) is 5.28. The number of carbonyl (C=O) groups is 2. The average Bonchev–Trinajstić information content (AvgIpc) is 2.67. The second kappa shape index (κ2) is 8.93. The number of halogens is 1. The van der Waals surface area contributed by atoms with Gasteiger partial charge in [-0.15, -0.1) is 15.4 Å². The van der Waals surface area contributed by atoms with Crippen LogP contribution in [0.15, 0.2) is 41.6 Å². The minimum Gasteiger partial charge on any atom is -0.505 e. The summed E-state index contributed by atoms with van der Waals surface area (Å²) in [5.41, 5.74) is 0.960. The van der Waals surface area contributed by atoms with Gasteiger partial charge < -0.3 is 10.4 Å². The van der Waals surface area contributed by atoms with Gasteiger partial charge in [-0.05, 0) is 23.4 Å². The van der Waals surface area contributed by atoms with Crippen molar-refractivity contribution in [2.24, 2.45) is 5.18 Å². The lowest BCUT2D eigenvalue weighted by Crippen LogP contribution is -2.82. The van der Waals surface area contributed by atoms with E-state index in [-0.39, 0.29) is 11.1 Å². The van der Waals surface area contributed by atoms with E-state index in [1.165, 1.54) is 12.1 Å². The summed E-state index contributed by atoms with van der Waals surface area (Å²) < 4.78 is 13.1. The monoisotopic (exact) mass is 390 g/mol. The molecule has 144 valence electrons. The van der Waals surface area contributed by atoms with Gasteiger partial charge in [0.25, 0.3) is 17.5 Å². The summed E-state index contributed by atoms with van der Waals surface area (Å²) in [7, 11) is 0. The van der Waals surface area contributed by atoms with E-state index < -0.39 is 46.2 Å². The molecule has 11 nitrogen and oxygen atoms in total. The lowest BCUT2D eigenvalue weighted by atomic mass is 10.1. The number of non-ortho nitro benzene ring substituents is 1. The number of carbonyl (C=O) groups excluding carboxylic acids is 2. The fourth-order valence-corrected chi connectivity index (χ4v) is 2.04. The Morgan fingerprint density at radius 3 is 2.71 bits per heavy atom. The molecule has 0 bridgehead atoms. The fourth-order valence-electron chi connectivity index (χ4n) is 2.04. The largest absolute Gasteiger partial charge is 0.505 e. The van der Waals surface area contributed by atoms with Crippen LogP contribution in [0.2, 0.25) is 0 Å². The van der Waals surface area contributed by atoms with Crippen LogP contribution in [0, 0.1) is 20.8 Å². The lowest BCUT2D eigenvalue weighted by molar-refractivity contribution is -0.505. The van der Waals surface area contributed by atoms with Crippen molar-refractivity contribution < 1.29 is 29.1 Å². The van der Waals surface area contributed by atoms with Crippen LogP contribution in [-0.2, 0) is 4.79 Å². The molecule has 2 aromatic rings. The predicted octanol–water partition coefficient (Wildman–Crippen LogP) is -0.202. The number of aromatic hydroxyl groups is 1. The quantitative estimate of drug-likeness (QED) is 0.221. The average molecular weight is 390 g/mol. The number of amides is 2. The van der Waals surface area contributed by atoms with E-state index in [9.17, 15) is 34.1 Å². The minimum absolute atomic E-state index is 0.0303. The highest BCUT2D eigenvalue weighted by Gasteiger charge is 2.17. The molecule has 0 atom stereocenters. The third kappa shape index (κ3) is 5.14. The number of hydrogen-bond acceptors (Lipinski definition) is 7. The second-order valence-electron chi connectivity index (χ2n) is 5.28. The van der Waals surface area contributed by atoms with Crippen LogP contribution in [-0.4, -0.2) is 34.6 Å². The van der Waals surface area contributed by atoms with Gasteiger partial charge in [0.15, 0.2) is 11.4 Å². The Labute approximate surface area is 156 Å². The zero-order chi connectivity index (χ0) is 20.7. The highest BCUT2D eigenvalue weighted by Crippen LogP contribution is 2.33. The van der Waals surface area contributed by atoms with Gasteiger partial charge in [-0.2, -0.15) is 0 Å². The van der Waals surface area contributed by atoms with Crippen molar-refractivity contribution in [1.29, 1.82) is 0 Å². The first kappa shape index (κ1) is 20.1. The molecule has 0 unspecified atom stereocenters. The number of hydrazone groups is 1. The van der Waals surface area contributed by atoms with Crippen molar-refractivity contribution in [3.05, 3.63) is 68.4 Å². The summed E-state index contributed by atoms with van der Waals surface area (Å²) in [5, 5.41) is 27.6. The van der Waals surface area contributed by atoms with Crippen LogP contribution in [0.3, 0.4) is 0 Å². The molecule has 0 aromatic heterocycles. The molecule has 0 aliphatic rings. The topological polar surface area (TPSA) is 165 Å². The van der Waals surface area contributed by atoms with Crippen molar-refractivity contribution >= 4 is 29.4 Å². The Morgan fingerprint density at radius 1 is 1.32 bits per heavy atom. The van der Waals surface area contributed by atoms with Gasteiger partial charge in [0.1, 0.15) is 12.4 Å². The summed E-state index contributed by atoms with van der Waals surface area (Å²) in [6, 6.07) is 6.62. The molecular formula is C16H13FN5O6+. The number of rotatable bonds is 7. The van der Waals surface area contributed by atoms with E-state index in [0.717, 1.165) is 30.5 Å². The maximum Gasteiger partial charge on any atom is 0.293 e. The molecule has 2 rings (SSSR count). The number of phenolic OH excluding ortho intramolecular Hbond substituents is 1. The van der Waals surface area contributed by atoms with Gasteiger partial charge in [0.2, 0.25) is 6.21 Å². The number of nitro benzene ring substituents is 1. The number of hydrazine groups is 1. The molecule has 0 fully saturated rings.